The number of hydrogen-bond acceptors (Lipinski definition) is 6. The number of thiol groups is 3. The van der Waals surface area contributed by atoms with Crippen LogP contribution in [-0.4, -0.2) is 51.8 Å². The maximum Gasteiger partial charge on any atom is -0.00385 e. The van der Waals surface area contributed by atoms with Crippen LogP contribution in [-0.2, 0) is 0 Å². The van der Waals surface area contributed by atoms with E-state index in [0.29, 0.717) is 0 Å². The molecule has 128 valence electrons. The highest BCUT2D eigenvalue weighted by molar-refractivity contribution is 7.99. The lowest BCUT2D eigenvalue weighted by Gasteiger charge is -2.16. The highest BCUT2D eigenvalue weighted by Gasteiger charge is 2.09. The summed E-state index contributed by atoms with van der Waals surface area (Å²) in [6.07, 6.45) is 6.51. The van der Waals surface area contributed by atoms with Crippen molar-refractivity contribution in [1.82, 2.24) is 0 Å². The van der Waals surface area contributed by atoms with Crippen molar-refractivity contribution in [1.29, 1.82) is 0 Å². The molecule has 0 bridgehead atoms. The normalized spacial score (nSPS) is 11.4. The molecule has 0 aliphatic heterocycles. The summed E-state index contributed by atoms with van der Waals surface area (Å²) in [6.45, 7) is 0. The fourth-order valence-corrected chi connectivity index (χ4v) is 6.17. The van der Waals surface area contributed by atoms with Crippen molar-refractivity contribution in [2.75, 3.05) is 51.8 Å². The lowest BCUT2D eigenvalue weighted by Crippen LogP contribution is -2.08. The molecule has 6 heteroatoms. The van der Waals surface area contributed by atoms with Crippen LogP contribution in [0.25, 0.3) is 0 Å². The Balaban J connectivity index is 3.69. The lowest BCUT2D eigenvalue weighted by molar-refractivity contribution is 0.563. The fraction of sp³-hybridized carbons (Fsp3) is 1.00. The third-order valence-electron chi connectivity index (χ3n) is 3.03. The van der Waals surface area contributed by atoms with Gasteiger partial charge in [-0.2, -0.15) is 73.2 Å². The number of thioether (sulfide) groups is 3. The average molecular weight is 405 g/mol. The van der Waals surface area contributed by atoms with Gasteiger partial charge >= 0.3 is 0 Å². The van der Waals surface area contributed by atoms with Crippen LogP contribution in [0.4, 0.5) is 0 Å². The Bertz CT molecular complexity index is 177. The van der Waals surface area contributed by atoms with Crippen molar-refractivity contribution >= 4 is 73.2 Å². The first kappa shape index (κ1) is 23.1. The molecule has 21 heavy (non-hydrogen) atoms. The Kier molecular flexibility index (Phi) is 22.2. The van der Waals surface area contributed by atoms with Gasteiger partial charge in [0.1, 0.15) is 0 Å². The minimum Gasteiger partial charge on any atom is -0.179 e. The lowest BCUT2D eigenvalue weighted by atomic mass is 10.1. The molecule has 0 atom stereocenters. The molecule has 0 aliphatic rings. The van der Waals surface area contributed by atoms with Crippen LogP contribution in [0.2, 0.25) is 0 Å². The molecule has 0 heterocycles. The zero-order valence-corrected chi connectivity index (χ0v) is 18.2. The first-order valence-electron chi connectivity index (χ1n) is 7.91. The minimum absolute atomic E-state index is 0.905. The number of rotatable bonds is 17. The largest absolute Gasteiger partial charge is 0.179 e. The molecule has 0 spiro atoms. The fourth-order valence-electron chi connectivity index (χ4n) is 1.76. The molecule has 0 rings (SSSR count). The van der Waals surface area contributed by atoms with E-state index < -0.39 is 0 Å². The zero-order chi connectivity index (χ0) is 15.6. The van der Waals surface area contributed by atoms with E-state index >= 15 is 0 Å². The average Bonchev–Trinajstić information content (AvgIpc) is 2.50. The molecular formula is C15H32S6. The summed E-state index contributed by atoms with van der Waals surface area (Å²) in [5.41, 5.74) is 0. The van der Waals surface area contributed by atoms with Gasteiger partial charge in [0, 0.05) is 0 Å². The Morgan fingerprint density at radius 3 is 1.43 bits per heavy atom. The van der Waals surface area contributed by atoms with Crippen LogP contribution in [0, 0.1) is 5.92 Å². The molecule has 0 saturated heterocycles. The number of hydrogen-bond donors (Lipinski definition) is 3. The molecule has 0 amide bonds. The molecule has 0 aromatic heterocycles. The summed E-state index contributed by atoms with van der Waals surface area (Å²) < 4.78 is 0. The second-order valence-electron chi connectivity index (χ2n) is 4.97. The van der Waals surface area contributed by atoms with Crippen LogP contribution in [0.15, 0.2) is 0 Å². The van der Waals surface area contributed by atoms with Gasteiger partial charge in [0.2, 0.25) is 0 Å². The van der Waals surface area contributed by atoms with E-state index in [1.807, 2.05) is 0 Å². The highest BCUT2D eigenvalue weighted by Crippen LogP contribution is 2.22. The van der Waals surface area contributed by atoms with Crippen molar-refractivity contribution in [3.05, 3.63) is 0 Å². The van der Waals surface area contributed by atoms with Gasteiger partial charge in [-0.3, -0.25) is 0 Å². The van der Waals surface area contributed by atoms with E-state index in [2.05, 4.69) is 73.2 Å². The van der Waals surface area contributed by atoms with Gasteiger partial charge in [0.05, 0.1) is 0 Å². The SMILES string of the molecule is SCCCSCCC(CCSCCCS)CSCCCS. The molecule has 0 saturated carbocycles. The predicted octanol–water partition coefficient (Wildman–Crippen LogP) is 5.54. The van der Waals surface area contributed by atoms with Crippen LogP contribution in [0.1, 0.15) is 32.1 Å². The van der Waals surface area contributed by atoms with Gasteiger partial charge < -0.3 is 0 Å². The molecule has 0 radical (unpaired) electrons. The maximum atomic E-state index is 4.29. The maximum absolute atomic E-state index is 4.29. The summed E-state index contributed by atoms with van der Waals surface area (Å²) in [5.74, 6) is 11.8. The summed E-state index contributed by atoms with van der Waals surface area (Å²) in [6, 6.07) is 0. The summed E-state index contributed by atoms with van der Waals surface area (Å²) in [7, 11) is 0. The third-order valence-corrected chi connectivity index (χ3v) is 7.47. The first-order chi connectivity index (χ1) is 10.3. The van der Waals surface area contributed by atoms with Crippen LogP contribution < -0.4 is 0 Å². The van der Waals surface area contributed by atoms with E-state index in [-0.39, 0.29) is 0 Å². The van der Waals surface area contributed by atoms with Gasteiger partial charge in [0.15, 0.2) is 0 Å². The molecule has 0 aliphatic carbocycles. The molecule has 0 aromatic rings. The minimum atomic E-state index is 0.905. The van der Waals surface area contributed by atoms with Gasteiger partial charge in [-0.1, -0.05) is 0 Å². The van der Waals surface area contributed by atoms with Gasteiger partial charge in [-0.15, -0.1) is 0 Å². The first-order valence-corrected chi connectivity index (χ1v) is 13.3. The molecule has 0 N–H and O–H groups in total. The third kappa shape index (κ3) is 18.3. The van der Waals surface area contributed by atoms with Crippen molar-refractivity contribution in [3.8, 4) is 0 Å². The van der Waals surface area contributed by atoms with E-state index in [0.717, 1.165) is 23.2 Å². The standard InChI is InChI=1S/C15H32S6/c16-6-1-9-19-12-4-15(14-21-11-3-8-18)5-13-20-10-2-7-17/h15-18H,1-14H2. The Labute approximate surface area is 162 Å². The van der Waals surface area contributed by atoms with E-state index in [1.54, 1.807) is 0 Å². The van der Waals surface area contributed by atoms with Crippen molar-refractivity contribution in [2.45, 2.75) is 32.1 Å². The molecule has 0 unspecified atom stereocenters. The van der Waals surface area contributed by atoms with Gasteiger partial charge in [-0.05, 0) is 89.8 Å². The summed E-state index contributed by atoms with van der Waals surface area (Å²) >= 11 is 19.2. The Hall–Kier alpha value is 2.10. The van der Waals surface area contributed by atoms with Crippen molar-refractivity contribution < 1.29 is 0 Å². The van der Waals surface area contributed by atoms with Crippen molar-refractivity contribution in [3.63, 3.8) is 0 Å². The topological polar surface area (TPSA) is 0 Å². The van der Waals surface area contributed by atoms with E-state index in [1.165, 1.54) is 66.6 Å². The summed E-state index contributed by atoms with van der Waals surface area (Å²) in [4.78, 5) is 0. The molecule has 0 fully saturated rings. The molecule has 0 nitrogen and oxygen atoms in total. The van der Waals surface area contributed by atoms with Crippen LogP contribution in [0.5, 0.6) is 0 Å². The van der Waals surface area contributed by atoms with E-state index in [9.17, 15) is 0 Å². The predicted molar refractivity (Wildman–Crippen MR) is 120 cm³/mol. The monoisotopic (exact) mass is 404 g/mol. The quantitative estimate of drug-likeness (QED) is 0.215. The molecule has 0 aromatic carbocycles. The van der Waals surface area contributed by atoms with Crippen molar-refractivity contribution in [2.24, 2.45) is 5.92 Å². The smallest absolute Gasteiger partial charge is 0.00385 e. The second kappa shape index (κ2) is 20.1. The van der Waals surface area contributed by atoms with E-state index in [4.69, 9.17) is 0 Å². The zero-order valence-electron chi connectivity index (χ0n) is 13.0. The molecular weight excluding hydrogens is 373 g/mol. The summed E-state index contributed by atoms with van der Waals surface area (Å²) in [5, 5.41) is 0. The highest BCUT2D eigenvalue weighted by atomic mass is 32.2. The second-order valence-corrected chi connectivity index (χ2v) is 9.92. The Morgan fingerprint density at radius 2 is 1.00 bits per heavy atom. The Morgan fingerprint density at radius 1 is 0.571 bits per heavy atom. The van der Waals surface area contributed by atoms with Gasteiger partial charge in [0.25, 0.3) is 0 Å². The van der Waals surface area contributed by atoms with Crippen LogP contribution in [0.3, 0.4) is 0 Å². The van der Waals surface area contributed by atoms with Gasteiger partial charge in [-0.25, -0.2) is 0 Å². The van der Waals surface area contributed by atoms with Crippen LogP contribution >= 0.6 is 73.2 Å².